The van der Waals surface area contributed by atoms with Crippen LogP contribution in [0, 0.1) is 0 Å². The number of imidazole rings is 1. The monoisotopic (exact) mass is 272 g/mol. The Morgan fingerprint density at radius 2 is 2.20 bits per heavy atom. The molecular weight excluding hydrogens is 252 g/mol. The molecule has 2 rings (SSSR count). The van der Waals surface area contributed by atoms with Crippen molar-refractivity contribution in [2.45, 2.75) is 13.3 Å². The standard InChI is InChI=1S/C15H20N4O/c1-2-3-15(18-20-11-8-16)13-4-6-14(7-5-13)19-10-9-17-12-19/h3-7,9-10,12,18H,2,8,11,16H2,1H3. The Balaban J connectivity index is 2.12. The summed E-state index contributed by atoms with van der Waals surface area (Å²) >= 11 is 0. The Hall–Kier alpha value is -2.11. The van der Waals surface area contributed by atoms with Crippen LogP contribution in [-0.2, 0) is 4.84 Å². The number of hydrogen-bond acceptors (Lipinski definition) is 4. The molecule has 0 aliphatic carbocycles. The first-order valence-electron chi connectivity index (χ1n) is 6.72. The number of allylic oxidation sites excluding steroid dienone is 1. The van der Waals surface area contributed by atoms with Crippen molar-refractivity contribution in [1.29, 1.82) is 0 Å². The fourth-order valence-corrected chi connectivity index (χ4v) is 1.84. The Kier molecular flexibility index (Phi) is 5.34. The molecule has 0 radical (unpaired) electrons. The lowest BCUT2D eigenvalue weighted by atomic mass is 10.1. The number of nitrogens with zero attached hydrogens (tertiary/aromatic N) is 2. The van der Waals surface area contributed by atoms with Gasteiger partial charge in [-0.3, -0.25) is 10.3 Å². The molecule has 1 aromatic heterocycles. The third-order valence-electron chi connectivity index (χ3n) is 2.79. The molecular formula is C15H20N4O. The Labute approximate surface area is 119 Å². The molecule has 20 heavy (non-hydrogen) atoms. The van der Waals surface area contributed by atoms with Crippen LogP contribution in [0.1, 0.15) is 18.9 Å². The average molecular weight is 272 g/mol. The third kappa shape index (κ3) is 3.69. The maximum atomic E-state index is 5.41. The Bertz CT molecular complexity index is 532. The molecule has 0 atom stereocenters. The number of benzene rings is 1. The van der Waals surface area contributed by atoms with Gasteiger partial charge in [-0.25, -0.2) is 4.98 Å². The van der Waals surface area contributed by atoms with E-state index in [1.165, 1.54) is 0 Å². The Morgan fingerprint density at radius 3 is 2.80 bits per heavy atom. The summed E-state index contributed by atoms with van der Waals surface area (Å²) in [5.74, 6) is 0. The number of nitrogens with one attached hydrogen (secondary N) is 1. The van der Waals surface area contributed by atoms with Gasteiger partial charge in [0.15, 0.2) is 0 Å². The summed E-state index contributed by atoms with van der Waals surface area (Å²) in [4.78, 5) is 9.34. The number of aromatic nitrogens is 2. The van der Waals surface area contributed by atoms with Crippen molar-refractivity contribution in [3.05, 3.63) is 54.6 Å². The van der Waals surface area contributed by atoms with Crippen LogP contribution < -0.4 is 11.2 Å². The van der Waals surface area contributed by atoms with Crippen LogP contribution in [0.25, 0.3) is 11.4 Å². The molecule has 106 valence electrons. The van der Waals surface area contributed by atoms with Crippen LogP contribution in [-0.4, -0.2) is 22.7 Å². The average Bonchev–Trinajstić information content (AvgIpc) is 3.01. The first kappa shape index (κ1) is 14.3. The van der Waals surface area contributed by atoms with Crippen molar-refractivity contribution in [3.63, 3.8) is 0 Å². The summed E-state index contributed by atoms with van der Waals surface area (Å²) < 4.78 is 1.96. The number of hydrogen-bond donors (Lipinski definition) is 2. The molecule has 1 heterocycles. The van der Waals surface area contributed by atoms with Gasteiger partial charge >= 0.3 is 0 Å². The van der Waals surface area contributed by atoms with E-state index in [-0.39, 0.29) is 0 Å². The predicted molar refractivity (Wildman–Crippen MR) is 80.0 cm³/mol. The predicted octanol–water partition coefficient (Wildman–Crippen LogP) is 2.10. The van der Waals surface area contributed by atoms with E-state index in [1.807, 2.05) is 22.9 Å². The van der Waals surface area contributed by atoms with Crippen LogP contribution in [0.5, 0.6) is 0 Å². The van der Waals surface area contributed by atoms with Crippen LogP contribution in [0.15, 0.2) is 49.1 Å². The van der Waals surface area contributed by atoms with Crippen molar-refractivity contribution in [3.8, 4) is 5.69 Å². The van der Waals surface area contributed by atoms with E-state index in [9.17, 15) is 0 Å². The Morgan fingerprint density at radius 1 is 1.40 bits per heavy atom. The van der Waals surface area contributed by atoms with Gasteiger partial charge in [0.05, 0.1) is 18.6 Å². The molecule has 2 aromatic rings. The zero-order valence-corrected chi connectivity index (χ0v) is 11.6. The number of nitrogens with two attached hydrogens (primary N) is 1. The normalized spacial score (nSPS) is 11.6. The highest BCUT2D eigenvalue weighted by Gasteiger charge is 2.02. The largest absolute Gasteiger partial charge is 0.328 e. The maximum Gasteiger partial charge on any atom is 0.0991 e. The summed E-state index contributed by atoms with van der Waals surface area (Å²) in [6, 6.07) is 8.20. The van der Waals surface area contributed by atoms with E-state index in [4.69, 9.17) is 10.6 Å². The summed E-state index contributed by atoms with van der Waals surface area (Å²) in [7, 11) is 0. The number of rotatable bonds is 7. The van der Waals surface area contributed by atoms with Crippen LogP contribution >= 0.6 is 0 Å². The number of hydroxylamine groups is 1. The molecule has 3 N–H and O–H groups in total. The van der Waals surface area contributed by atoms with E-state index in [0.717, 1.165) is 23.4 Å². The molecule has 0 saturated heterocycles. The van der Waals surface area contributed by atoms with Gasteiger partial charge < -0.3 is 10.3 Å². The zero-order valence-electron chi connectivity index (χ0n) is 11.6. The van der Waals surface area contributed by atoms with Crippen LogP contribution in [0.2, 0.25) is 0 Å². The molecule has 0 aliphatic heterocycles. The molecule has 0 bridgehead atoms. The fraction of sp³-hybridized carbons (Fsp3) is 0.267. The lowest BCUT2D eigenvalue weighted by Crippen LogP contribution is -2.18. The van der Waals surface area contributed by atoms with Gasteiger partial charge in [0.25, 0.3) is 0 Å². The van der Waals surface area contributed by atoms with Gasteiger partial charge in [0.1, 0.15) is 0 Å². The van der Waals surface area contributed by atoms with Gasteiger partial charge in [-0.05, 0) is 24.1 Å². The highest BCUT2D eigenvalue weighted by molar-refractivity contribution is 5.64. The minimum absolute atomic E-state index is 0.480. The van der Waals surface area contributed by atoms with Gasteiger partial charge in [-0.2, -0.15) is 0 Å². The van der Waals surface area contributed by atoms with Gasteiger partial charge in [-0.1, -0.05) is 25.1 Å². The molecule has 1 aromatic carbocycles. The molecule has 5 heteroatoms. The second-order valence-corrected chi connectivity index (χ2v) is 4.28. The second kappa shape index (κ2) is 7.47. The summed E-state index contributed by atoms with van der Waals surface area (Å²) in [5, 5.41) is 0. The van der Waals surface area contributed by atoms with Crippen molar-refractivity contribution >= 4 is 5.70 Å². The first-order valence-corrected chi connectivity index (χ1v) is 6.72. The van der Waals surface area contributed by atoms with E-state index in [2.05, 4.69) is 35.6 Å². The minimum Gasteiger partial charge on any atom is -0.328 e. The van der Waals surface area contributed by atoms with Gasteiger partial charge in [0.2, 0.25) is 0 Å². The van der Waals surface area contributed by atoms with Crippen molar-refractivity contribution in [1.82, 2.24) is 15.0 Å². The topological polar surface area (TPSA) is 65.1 Å². The molecule has 5 nitrogen and oxygen atoms in total. The third-order valence-corrected chi connectivity index (χ3v) is 2.79. The molecule has 0 saturated carbocycles. The van der Waals surface area contributed by atoms with E-state index in [0.29, 0.717) is 13.2 Å². The molecule has 0 amide bonds. The lowest BCUT2D eigenvalue weighted by molar-refractivity contribution is 0.0848. The molecule has 0 fully saturated rings. The van der Waals surface area contributed by atoms with Crippen molar-refractivity contribution in [2.24, 2.45) is 5.73 Å². The minimum atomic E-state index is 0.480. The highest BCUT2D eigenvalue weighted by Crippen LogP contribution is 2.15. The maximum absolute atomic E-state index is 5.41. The summed E-state index contributed by atoms with van der Waals surface area (Å²) in [5.41, 5.74) is 11.5. The smallest absolute Gasteiger partial charge is 0.0991 e. The van der Waals surface area contributed by atoms with Crippen LogP contribution in [0.4, 0.5) is 0 Å². The lowest BCUT2D eigenvalue weighted by Gasteiger charge is -2.12. The van der Waals surface area contributed by atoms with Crippen LogP contribution in [0.3, 0.4) is 0 Å². The van der Waals surface area contributed by atoms with E-state index < -0.39 is 0 Å². The molecule has 0 spiro atoms. The second-order valence-electron chi connectivity index (χ2n) is 4.28. The van der Waals surface area contributed by atoms with Crippen molar-refractivity contribution < 1.29 is 4.84 Å². The molecule has 0 unspecified atom stereocenters. The first-order chi connectivity index (χ1) is 9.85. The van der Waals surface area contributed by atoms with E-state index >= 15 is 0 Å². The summed E-state index contributed by atoms with van der Waals surface area (Å²) in [6.45, 7) is 3.06. The van der Waals surface area contributed by atoms with Gasteiger partial charge in [-0.15, -0.1) is 0 Å². The fourth-order valence-electron chi connectivity index (χ4n) is 1.84. The van der Waals surface area contributed by atoms with Gasteiger partial charge in [0, 0.05) is 24.6 Å². The highest BCUT2D eigenvalue weighted by atomic mass is 16.6. The SMILES string of the molecule is CCC=C(NOCCN)c1ccc(-n2ccnc2)cc1. The zero-order chi connectivity index (χ0) is 14.2. The molecule has 0 aliphatic rings. The van der Waals surface area contributed by atoms with E-state index in [1.54, 1.807) is 12.5 Å². The summed E-state index contributed by atoms with van der Waals surface area (Å²) in [6.07, 6.45) is 8.47. The van der Waals surface area contributed by atoms with Crippen molar-refractivity contribution in [2.75, 3.05) is 13.2 Å². The quantitative estimate of drug-likeness (QED) is 0.598.